The Morgan fingerprint density at radius 1 is 1.06 bits per heavy atom. The average Bonchev–Trinajstić information content (AvgIpc) is 3.37. The van der Waals surface area contributed by atoms with Gasteiger partial charge in [-0.1, -0.05) is 26.0 Å². The van der Waals surface area contributed by atoms with Crippen LogP contribution in [0.4, 0.5) is 13.2 Å². The van der Waals surface area contributed by atoms with Gasteiger partial charge in [-0.05, 0) is 64.7 Å². The molecule has 1 aromatic heterocycles. The molecule has 0 bridgehead atoms. The molecule has 2 aliphatic carbocycles. The van der Waals surface area contributed by atoms with Gasteiger partial charge in [-0.2, -0.15) is 13.2 Å². The van der Waals surface area contributed by atoms with Gasteiger partial charge >= 0.3 is 6.18 Å². The molecule has 0 radical (unpaired) electrons. The summed E-state index contributed by atoms with van der Waals surface area (Å²) >= 11 is 1.29. The van der Waals surface area contributed by atoms with Crippen molar-refractivity contribution in [3.63, 3.8) is 0 Å². The first-order valence-electron chi connectivity index (χ1n) is 18.4. The van der Waals surface area contributed by atoms with Crippen molar-refractivity contribution in [2.24, 2.45) is 34.0 Å². The van der Waals surface area contributed by atoms with Gasteiger partial charge in [0.05, 0.1) is 41.9 Å². The number of halogens is 3. The molecule has 4 fully saturated rings. The van der Waals surface area contributed by atoms with E-state index in [0.29, 0.717) is 36.5 Å². The molecular weight excluding hydrogens is 699 g/mol. The Morgan fingerprint density at radius 3 is 2.25 bits per heavy atom. The molecule has 11 nitrogen and oxygen atoms in total. The molecule has 4 heterocycles. The first-order chi connectivity index (χ1) is 24.4. The number of piperidine rings is 1. The van der Waals surface area contributed by atoms with E-state index in [9.17, 15) is 37.5 Å². The van der Waals surface area contributed by atoms with E-state index in [0.717, 1.165) is 17.8 Å². The highest BCUT2D eigenvalue weighted by Gasteiger charge is 2.62. The second kappa shape index (κ2) is 14.3. The molecular formula is C37H52F3N5O6S. The average molecular weight is 752 g/mol. The van der Waals surface area contributed by atoms with Crippen LogP contribution in [-0.2, 0) is 19.1 Å². The normalized spacial score (nSPS) is 28.1. The minimum atomic E-state index is -4.35. The van der Waals surface area contributed by atoms with E-state index in [1.54, 1.807) is 23.6 Å². The predicted octanol–water partition coefficient (Wildman–Crippen LogP) is 4.12. The lowest BCUT2D eigenvalue weighted by Crippen LogP contribution is -2.65. The number of carbonyl (C=O) groups is 4. The van der Waals surface area contributed by atoms with Gasteiger partial charge in [-0.3, -0.25) is 19.2 Å². The van der Waals surface area contributed by atoms with Crippen LogP contribution in [0.1, 0.15) is 79.7 Å². The Kier molecular flexibility index (Phi) is 10.6. The van der Waals surface area contributed by atoms with Crippen LogP contribution in [0.5, 0.6) is 0 Å². The maximum absolute atomic E-state index is 14.5. The third-order valence-electron chi connectivity index (χ3n) is 12.3. The summed E-state index contributed by atoms with van der Waals surface area (Å²) < 4.78 is 46.7. The molecule has 52 heavy (non-hydrogen) atoms. The van der Waals surface area contributed by atoms with Crippen molar-refractivity contribution in [3.8, 4) is 0 Å². The highest BCUT2D eigenvalue weighted by atomic mass is 32.1. The fourth-order valence-corrected chi connectivity index (χ4v) is 9.47. The highest BCUT2D eigenvalue weighted by molar-refractivity contribution is 7.13. The maximum atomic E-state index is 14.5. The summed E-state index contributed by atoms with van der Waals surface area (Å²) in [7, 11) is 0. The fraction of sp³-hybridized carbons (Fsp3) is 0.757. The quantitative estimate of drug-likeness (QED) is 0.344. The SMILES string of the molecule is Cc1nc(C)c(C(=O)N2C[C@@H](C(=O)NC(C(=O)N3CCC(C(F)(F)F)CC3)[C@@H](C)OCC3(CO)CC=CCC3)C3(C2)CN(C(=O)[C@H]2CC2(C)C)C3)s1. The number of hydrogen-bond donors (Lipinski definition) is 2. The number of nitrogens with one attached hydrogen (secondary N) is 1. The molecule has 2 N–H and O–H groups in total. The summed E-state index contributed by atoms with van der Waals surface area (Å²) in [5.74, 6) is -3.53. The van der Waals surface area contributed by atoms with E-state index in [-0.39, 0.29) is 75.4 Å². The van der Waals surface area contributed by atoms with E-state index < -0.39 is 52.8 Å². The van der Waals surface area contributed by atoms with Crippen LogP contribution in [0.25, 0.3) is 0 Å². The van der Waals surface area contributed by atoms with Crippen LogP contribution in [-0.4, -0.2) is 119 Å². The smallest absolute Gasteiger partial charge is 0.391 e. The molecule has 1 saturated carbocycles. The number of ether oxygens (including phenoxy) is 1. The summed E-state index contributed by atoms with van der Waals surface area (Å²) in [5, 5.41) is 13.9. The lowest BCUT2D eigenvalue weighted by Gasteiger charge is -2.50. The Labute approximate surface area is 307 Å². The molecule has 4 amide bonds. The second-order valence-electron chi connectivity index (χ2n) is 16.7. The largest absolute Gasteiger partial charge is 0.396 e. The number of hydrogen-bond acceptors (Lipinski definition) is 8. The number of aromatic nitrogens is 1. The lowest BCUT2D eigenvalue weighted by atomic mass is 9.70. The molecule has 288 valence electrons. The van der Waals surface area contributed by atoms with Gasteiger partial charge < -0.3 is 29.9 Å². The van der Waals surface area contributed by atoms with Gasteiger partial charge in [0, 0.05) is 56.0 Å². The molecule has 5 atom stereocenters. The summed E-state index contributed by atoms with van der Waals surface area (Å²) in [4.78, 5) is 65.5. The lowest BCUT2D eigenvalue weighted by molar-refractivity contribution is -0.187. The molecule has 15 heteroatoms. The Bertz CT molecular complexity index is 1580. The van der Waals surface area contributed by atoms with E-state index in [4.69, 9.17) is 4.74 Å². The molecule has 5 aliphatic rings. The Balaban J connectivity index is 1.23. The zero-order valence-corrected chi connectivity index (χ0v) is 31.6. The minimum Gasteiger partial charge on any atom is -0.396 e. The molecule has 6 rings (SSSR count). The summed E-state index contributed by atoms with van der Waals surface area (Å²) in [6.07, 6.45) is 1.18. The summed E-state index contributed by atoms with van der Waals surface area (Å²) in [6.45, 7) is 10.1. The molecule has 3 aliphatic heterocycles. The number of aryl methyl sites for hydroxylation is 2. The number of nitrogens with zero attached hydrogens (tertiary/aromatic N) is 4. The van der Waals surface area contributed by atoms with E-state index in [1.807, 2.05) is 19.1 Å². The van der Waals surface area contributed by atoms with Gasteiger partial charge in [0.15, 0.2) is 0 Å². The number of thiazole rings is 1. The first-order valence-corrected chi connectivity index (χ1v) is 19.3. The maximum Gasteiger partial charge on any atom is 0.391 e. The van der Waals surface area contributed by atoms with Crippen molar-refractivity contribution >= 4 is 35.0 Å². The number of aliphatic hydroxyl groups is 1. The van der Waals surface area contributed by atoms with E-state index in [2.05, 4.69) is 24.1 Å². The van der Waals surface area contributed by atoms with E-state index in [1.165, 1.54) is 16.2 Å². The third kappa shape index (κ3) is 7.64. The zero-order valence-electron chi connectivity index (χ0n) is 30.8. The number of alkyl halides is 3. The number of amides is 4. The summed E-state index contributed by atoms with van der Waals surface area (Å²) in [5.41, 5.74) is -0.750. The standard InChI is InChI=1S/C37H52F3N5O6S/c1-22-29(52-24(3)41-22)33(50)44-16-27(36(17-44)18-45(19-36)31(48)26-15-34(26,4)5)30(47)42-28(23(2)51-21-35(20-46)11-7-6-8-12-35)32(49)43-13-9-25(10-14-43)37(38,39)40/h6-7,23,25-28,46H,8-21H2,1-5H3,(H,42,47)/t23-,26-,27+,28?,35?/m1/s1. The van der Waals surface area contributed by atoms with Crippen molar-refractivity contribution < 1.29 is 42.2 Å². The van der Waals surface area contributed by atoms with Crippen LogP contribution in [0.15, 0.2) is 12.2 Å². The first kappa shape index (κ1) is 38.7. The van der Waals surface area contributed by atoms with Gasteiger partial charge in [0.1, 0.15) is 10.9 Å². The van der Waals surface area contributed by atoms with Crippen molar-refractivity contribution in [1.29, 1.82) is 0 Å². The van der Waals surface area contributed by atoms with Crippen LogP contribution in [0.2, 0.25) is 0 Å². The number of carbonyl (C=O) groups excluding carboxylic acids is 4. The van der Waals surface area contributed by atoms with Crippen LogP contribution < -0.4 is 5.32 Å². The second-order valence-corrected chi connectivity index (χ2v) is 17.9. The zero-order chi connectivity index (χ0) is 37.8. The molecule has 3 saturated heterocycles. The Hall–Kier alpha value is -3.04. The monoisotopic (exact) mass is 751 g/mol. The molecule has 1 aromatic rings. The van der Waals surface area contributed by atoms with Gasteiger partial charge in [-0.15, -0.1) is 11.3 Å². The van der Waals surface area contributed by atoms with Gasteiger partial charge in [0.2, 0.25) is 17.7 Å². The number of aliphatic hydroxyl groups excluding tert-OH is 1. The van der Waals surface area contributed by atoms with E-state index >= 15 is 0 Å². The third-order valence-corrected chi connectivity index (χ3v) is 13.4. The number of rotatable bonds is 10. The number of allylic oxidation sites excluding steroid dienone is 2. The van der Waals surface area contributed by atoms with Crippen molar-refractivity contribution in [3.05, 3.63) is 27.7 Å². The fourth-order valence-electron chi connectivity index (χ4n) is 8.58. The van der Waals surface area contributed by atoms with Crippen molar-refractivity contribution in [2.45, 2.75) is 91.5 Å². The van der Waals surface area contributed by atoms with Crippen LogP contribution in [0.3, 0.4) is 0 Å². The topological polar surface area (TPSA) is 132 Å². The molecule has 0 aromatic carbocycles. The van der Waals surface area contributed by atoms with Gasteiger partial charge in [0.25, 0.3) is 5.91 Å². The minimum absolute atomic E-state index is 0.0428. The predicted molar refractivity (Wildman–Crippen MR) is 187 cm³/mol. The van der Waals surface area contributed by atoms with Crippen molar-refractivity contribution in [1.82, 2.24) is 25.0 Å². The van der Waals surface area contributed by atoms with Gasteiger partial charge in [-0.25, -0.2) is 4.98 Å². The molecule has 1 spiro atoms. The Morgan fingerprint density at radius 2 is 1.71 bits per heavy atom. The molecule has 2 unspecified atom stereocenters. The summed E-state index contributed by atoms with van der Waals surface area (Å²) in [6, 6.07) is -1.22. The van der Waals surface area contributed by atoms with Crippen LogP contribution in [0, 0.1) is 47.8 Å². The van der Waals surface area contributed by atoms with Crippen LogP contribution >= 0.6 is 11.3 Å². The number of likely N-dealkylation sites (tertiary alicyclic amines) is 3. The van der Waals surface area contributed by atoms with Crippen molar-refractivity contribution in [2.75, 3.05) is 52.5 Å². The highest BCUT2D eigenvalue weighted by Crippen LogP contribution is 2.55.